The van der Waals surface area contributed by atoms with Gasteiger partial charge in [-0.3, -0.25) is 0 Å². The molecule has 2 aromatic rings. The summed E-state index contributed by atoms with van der Waals surface area (Å²) in [6.07, 6.45) is 0. The molecule has 0 spiro atoms. The molecular formula is C24H30O11. The number of methoxy groups -OCH3 is 2. The highest BCUT2D eigenvalue weighted by molar-refractivity contribution is 5.93. The summed E-state index contributed by atoms with van der Waals surface area (Å²) in [5, 5.41) is 19.1. The van der Waals surface area contributed by atoms with E-state index in [4.69, 9.17) is 23.7 Å². The first-order chi connectivity index (χ1) is 17.0. The van der Waals surface area contributed by atoms with Gasteiger partial charge in [0.05, 0.1) is 53.9 Å². The van der Waals surface area contributed by atoms with Crippen molar-refractivity contribution in [3.05, 3.63) is 47.5 Å². The molecule has 192 valence electrons. The molecule has 0 aliphatic heterocycles. The van der Waals surface area contributed by atoms with E-state index in [1.807, 2.05) is 0 Å². The number of ether oxygens (including phenoxy) is 7. The molecule has 0 radical (unpaired) electrons. The number of hydrogen-bond acceptors (Lipinski definition) is 11. The van der Waals surface area contributed by atoms with Crippen molar-refractivity contribution in [3.63, 3.8) is 0 Å². The van der Waals surface area contributed by atoms with Gasteiger partial charge in [-0.1, -0.05) is 0 Å². The van der Waals surface area contributed by atoms with Crippen molar-refractivity contribution in [2.75, 3.05) is 67.1 Å². The molecule has 11 nitrogen and oxygen atoms in total. The third-order valence-electron chi connectivity index (χ3n) is 4.46. The van der Waals surface area contributed by atoms with E-state index in [2.05, 4.69) is 9.47 Å². The Morgan fingerprint density at radius 1 is 0.600 bits per heavy atom. The molecule has 2 rings (SSSR count). The van der Waals surface area contributed by atoms with Crippen molar-refractivity contribution in [3.8, 4) is 23.0 Å². The molecular weight excluding hydrogens is 464 g/mol. The minimum Gasteiger partial charge on any atom is -0.508 e. The molecule has 0 atom stereocenters. The Kier molecular flexibility index (Phi) is 12.2. The highest BCUT2D eigenvalue weighted by Crippen LogP contribution is 2.25. The molecule has 35 heavy (non-hydrogen) atoms. The molecule has 0 fully saturated rings. The zero-order valence-corrected chi connectivity index (χ0v) is 19.7. The summed E-state index contributed by atoms with van der Waals surface area (Å²) in [6.45, 7) is 2.25. The number of carbonyl (C=O) groups is 2. The summed E-state index contributed by atoms with van der Waals surface area (Å²) in [4.78, 5) is 23.4. The van der Waals surface area contributed by atoms with Gasteiger partial charge in [0.2, 0.25) is 0 Å². The lowest BCUT2D eigenvalue weighted by atomic mass is 10.2. The maximum atomic E-state index is 11.7. The van der Waals surface area contributed by atoms with Crippen LogP contribution < -0.4 is 9.47 Å². The van der Waals surface area contributed by atoms with Gasteiger partial charge in [-0.2, -0.15) is 0 Å². The summed E-state index contributed by atoms with van der Waals surface area (Å²) < 4.78 is 36.6. The minimum atomic E-state index is -0.562. The van der Waals surface area contributed by atoms with Crippen molar-refractivity contribution in [1.29, 1.82) is 0 Å². The van der Waals surface area contributed by atoms with Crippen molar-refractivity contribution >= 4 is 11.9 Å². The largest absolute Gasteiger partial charge is 0.508 e. The van der Waals surface area contributed by atoms with E-state index in [1.54, 1.807) is 0 Å². The van der Waals surface area contributed by atoms with E-state index < -0.39 is 11.9 Å². The van der Waals surface area contributed by atoms with Crippen LogP contribution in [0.1, 0.15) is 20.7 Å². The Morgan fingerprint density at radius 3 is 1.29 bits per heavy atom. The van der Waals surface area contributed by atoms with Crippen LogP contribution >= 0.6 is 0 Å². The van der Waals surface area contributed by atoms with Crippen LogP contribution in [0.15, 0.2) is 36.4 Å². The van der Waals surface area contributed by atoms with Gasteiger partial charge in [0, 0.05) is 12.1 Å². The molecule has 0 amide bonds. The second kappa shape index (κ2) is 15.4. The van der Waals surface area contributed by atoms with E-state index in [0.717, 1.165) is 0 Å². The quantitative estimate of drug-likeness (QED) is 0.262. The van der Waals surface area contributed by atoms with Gasteiger partial charge in [0.25, 0.3) is 0 Å². The Bertz CT molecular complexity index is 870. The van der Waals surface area contributed by atoms with Crippen LogP contribution in [0, 0.1) is 0 Å². The van der Waals surface area contributed by atoms with Crippen molar-refractivity contribution < 1.29 is 53.0 Å². The van der Waals surface area contributed by atoms with Crippen molar-refractivity contribution in [2.45, 2.75) is 0 Å². The van der Waals surface area contributed by atoms with E-state index in [-0.39, 0.29) is 60.6 Å². The number of esters is 2. The molecule has 0 aliphatic rings. The Morgan fingerprint density at radius 2 is 0.943 bits per heavy atom. The van der Waals surface area contributed by atoms with E-state index in [1.165, 1.54) is 50.6 Å². The van der Waals surface area contributed by atoms with Crippen LogP contribution in [0.4, 0.5) is 0 Å². The first-order valence-electron chi connectivity index (χ1n) is 10.8. The first kappa shape index (κ1) is 27.7. The molecule has 0 saturated carbocycles. The second-order valence-electron chi connectivity index (χ2n) is 6.88. The summed E-state index contributed by atoms with van der Waals surface area (Å²) in [7, 11) is 2.53. The van der Waals surface area contributed by atoms with Gasteiger partial charge in [-0.25, -0.2) is 9.59 Å². The molecule has 2 aromatic carbocycles. The fourth-order valence-corrected chi connectivity index (χ4v) is 2.78. The van der Waals surface area contributed by atoms with E-state index >= 15 is 0 Å². The van der Waals surface area contributed by atoms with Gasteiger partial charge >= 0.3 is 11.9 Å². The Labute approximate surface area is 203 Å². The number of hydrogen-bond donors (Lipinski definition) is 2. The molecule has 0 aromatic heterocycles. The number of rotatable bonds is 16. The number of phenols is 2. The molecule has 0 bridgehead atoms. The molecule has 0 unspecified atom stereocenters. The second-order valence-corrected chi connectivity index (χ2v) is 6.88. The smallest absolute Gasteiger partial charge is 0.341 e. The number of carbonyl (C=O) groups excluding carboxylic acids is 2. The van der Waals surface area contributed by atoms with E-state index in [0.29, 0.717) is 26.4 Å². The van der Waals surface area contributed by atoms with Crippen molar-refractivity contribution in [2.24, 2.45) is 0 Å². The van der Waals surface area contributed by atoms with Gasteiger partial charge in [-0.05, 0) is 24.3 Å². The number of benzene rings is 2. The monoisotopic (exact) mass is 494 g/mol. The van der Waals surface area contributed by atoms with Crippen molar-refractivity contribution in [1.82, 2.24) is 0 Å². The first-order valence-corrected chi connectivity index (χ1v) is 10.8. The maximum absolute atomic E-state index is 11.7. The van der Waals surface area contributed by atoms with E-state index in [9.17, 15) is 19.8 Å². The lowest BCUT2D eigenvalue weighted by Gasteiger charge is -2.12. The predicted octanol–water partition coefficient (Wildman–Crippen LogP) is 2.18. The topological polar surface area (TPSA) is 139 Å². The van der Waals surface area contributed by atoms with Crippen LogP contribution in [-0.4, -0.2) is 89.2 Å². The summed E-state index contributed by atoms with van der Waals surface area (Å²) in [5.41, 5.74) is 0.426. The lowest BCUT2D eigenvalue weighted by molar-refractivity contribution is 0.00482. The third kappa shape index (κ3) is 9.69. The highest BCUT2D eigenvalue weighted by Gasteiger charge is 2.14. The summed E-state index contributed by atoms with van der Waals surface area (Å²) in [5.74, 6) is -0.754. The average molecular weight is 494 g/mol. The number of aromatic hydroxyl groups is 2. The minimum absolute atomic E-state index is 0.0268. The maximum Gasteiger partial charge on any atom is 0.341 e. The zero-order valence-electron chi connectivity index (χ0n) is 19.7. The predicted molar refractivity (Wildman–Crippen MR) is 122 cm³/mol. The SMILES string of the molecule is COC(=O)c1ccc(O)cc1OCCOCCOCCOCCOc1cc(O)ccc1C(=O)OC. The standard InChI is InChI=1S/C24H30O11/c1-29-23(27)19-5-3-17(25)15-21(19)34-13-11-32-9-7-31-8-10-33-12-14-35-22-16-18(26)4-6-20(22)24(28)30-2/h3-6,15-16,25-26H,7-14H2,1-2H3. The molecule has 0 heterocycles. The average Bonchev–Trinajstić information content (AvgIpc) is 2.86. The third-order valence-corrected chi connectivity index (χ3v) is 4.46. The van der Waals surface area contributed by atoms with Crippen LogP contribution in [0.5, 0.6) is 23.0 Å². The molecule has 11 heteroatoms. The molecule has 0 aliphatic carbocycles. The summed E-state index contributed by atoms with van der Waals surface area (Å²) in [6, 6.07) is 8.26. The fourth-order valence-electron chi connectivity index (χ4n) is 2.78. The Hall–Kier alpha value is -3.54. The lowest BCUT2D eigenvalue weighted by Crippen LogP contribution is -2.15. The van der Waals surface area contributed by atoms with Crippen LogP contribution in [0.2, 0.25) is 0 Å². The fraction of sp³-hybridized carbons (Fsp3) is 0.417. The van der Waals surface area contributed by atoms with Gasteiger partial charge < -0.3 is 43.4 Å². The van der Waals surface area contributed by atoms with Crippen LogP contribution in [0.3, 0.4) is 0 Å². The van der Waals surface area contributed by atoms with Gasteiger partial charge in [0.1, 0.15) is 47.3 Å². The summed E-state index contributed by atoms with van der Waals surface area (Å²) >= 11 is 0. The normalized spacial score (nSPS) is 10.6. The zero-order chi connectivity index (χ0) is 25.5. The number of phenolic OH excluding ortho intramolecular Hbond substituents is 2. The van der Waals surface area contributed by atoms with Gasteiger partial charge in [-0.15, -0.1) is 0 Å². The highest BCUT2D eigenvalue weighted by atomic mass is 16.6. The molecule has 0 saturated heterocycles. The van der Waals surface area contributed by atoms with Gasteiger partial charge in [0.15, 0.2) is 0 Å². The molecule has 2 N–H and O–H groups in total. The van der Waals surface area contributed by atoms with Crippen LogP contribution in [0.25, 0.3) is 0 Å². The Balaban J connectivity index is 1.50. The van der Waals surface area contributed by atoms with Crippen LogP contribution in [-0.2, 0) is 23.7 Å².